The molecule has 3 nitrogen and oxygen atoms in total. The predicted molar refractivity (Wildman–Crippen MR) is 82.6 cm³/mol. The van der Waals surface area contributed by atoms with E-state index in [2.05, 4.69) is 25.0 Å². The summed E-state index contributed by atoms with van der Waals surface area (Å²) in [7, 11) is 0. The summed E-state index contributed by atoms with van der Waals surface area (Å²) in [5.41, 5.74) is 0. The van der Waals surface area contributed by atoms with Crippen molar-refractivity contribution in [3.8, 4) is 0 Å². The number of allylic oxidation sites excluding steroid dienone is 1. The summed E-state index contributed by atoms with van der Waals surface area (Å²) in [6, 6.07) is 6.57. The van der Waals surface area contributed by atoms with Crippen molar-refractivity contribution < 1.29 is 4.39 Å². The highest BCUT2D eigenvalue weighted by atomic mass is 32.2. The van der Waals surface area contributed by atoms with Crippen molar-refractivity contribution in [1.82, 2.24) is 4.90 Å². The quantitative estimate of drug-likeness (QED) is 0.401. The molecule has 0 bridgehead atoms. The maximum Gasteiger partial charge on any atom is 0.131 e. The smallest absolute Gasteiger partial charge is 0.131 e. The third kappa shape index (κ3) is 3.63. The Morgan fingerprint density at radius 2 is 2.25 bits per heavy atom. The molecule has 2 N–H and O–H groups in total. The molecule has 2 rings (SSSR count). The molecule has 0 radical (unpaired) electrons. The van der Waals surface area contributed by atoms with Gasteiger partial charge in [-0.15, -0.1) is 0 Å². The average Bonchev–Trinajstić information content (AvgIpc) is 2.39. The lowest BCUT2D eigenvalue weighted by Crippen LogP contribution is -2.32. The van der Waals surface area contributed by atoms with Crippen LogP contribution in [0, 0.1) is 11.7 Å². The Balaban J connectivity index is 2.16. The predicted octanol–water partition coefficient (Wildman–Crippen LogP) is 3.56. The minimum atomic E-state index is -0.223. The van der Waals surface area contributed by atoms with Crippen LogP contribution in [0.15, 0.2) is 57.5 Å². The number of hydrogen-bond donors (Lipinski definition) is 1. The van der Waals surface area contributed by atoms with Crippen molar-refractivity contribution in [2.75, 3.05) is 6.54 Å². The van der Waals surface area contributed by atoms with E-state index in [9.17, 15) is 4.39 Å². The Labute approximate surface area is 123 Å². The van der Waals surface area contributed by atoms with Gasteiger partial charge in [-0.3, -0.25) is 0 Å². The van der Waals surface area contributed by atoms with Gasteiger partial charge < -0.3 is 10.7 Å². The number of hydrogen-bond acceptors (Lipinski definition) is 3. The van der Waals surface area contributed by atoms with Gasteiger partial charge in [0.1, 0.15) is 11.7 Å². The SMILES string of the molecule is CC(C)/C(=N/N)N1C=C(Sc2cccc(F)c2)C=CC1. The molecule has 0 saturated heterocycles. The van der Waals surface area contributed by atoms with Crippen molar-refractivity contribution in [1.29, 1.82) is 0 Å². The van der Waals surface area contributed by atoms with Gasteiger partial charge >= 0.3 is 0 Å². The van der Waals surface area contributed by atoms with Gasteiger partial charge in [0.15, 0.2) is 0 Å². The van der Waals surface area contributed by atoms with Crippen LogP contribution in [0.3, 0.4) is 0 Å². The van der Waals surface area contributed by atoms with E-state index in [1.807, 2.05) is 23.2 Å². The number of nitrogens with two attached hydrogens (primary N) is 1. The molecule has 0 aliphatic carbocycles. The van der Waals surface area contributed by atoms with E-state index in [0.29, 0.717) is 0 Å². The van der Waals surface area contributed by atoms with Crippen LogP contribution in [-0.4, -0.2) is 17.3 Å². The normalized spacial score (nSPS) is 15.7. The molecule has 0 saturated carbocycles. The molecule has 1 aromatic rings. The molecule has 0 unspecified atom stereocenters. The van der Waals surface area contributed by atoms with Crippen LogP contribution in [0.5, 0.6) is 0 Å². The van der Waals surface area contributed by atoms with Crippen molar-refractivity contribution in [2.45, 2.75) is 18.7 Å². The van der Waals surface area contributed by atoms with Crippen molar-refractivity contribution in [2.24, 2.45) is 16.9 Å². The molecule has 20 heavy (non-hydrogen) atoms. The van der Waals surface area contributed by atoms with Crippen LogP contribution in [0.25, 0.3) is 0 Å². The second kappa shape index (κ2) is 6.61. The number of halogens is 1. The molecule has 106 valence electrons. The maximum absolute atomic E-state index is 13.2. The van der Waals surface area contributed by atoms with E-state index < -0.39 is 0 Å². The van der Waals surface area contributed by atoms with Gasteiger partial charge in [-0.1, -0.05) is 37.8 Å². The zero-order valence-corrected chi connectivity index (χ0v) is 12.4. The molecule has 0 aromatic heterocycles. The second-order valence-electron chi connectivity index (χ2n) is 4.79. The fourth-order valence-corrected chi connectivity index (χ4v) is 2.91. The summed E-state index contributed by atoms with van der Waals surface area (Å²) in [6.07, 6.45) is 6.08. The first-order chi connectivity index (χ1) is 9.60. The number of rotatable bonds is 3. The second-order valence-corrected chi connectivity index (χ2v) is 5.93. The fourth-order valence-electron chi connectivity index (χ4n) is 1.97. The van der Waals surface area contributed by atoms with E-state index in [1.165, 1.54) is 23.9 Å². The van der Waals surface area contributed by atoms with Crippen molar-refractivity contribution in [3.05, 3.63) is 53.3 Å². The summed E-state index contributed by atoms with van der Waals surface area (Å²) < 4.78 is 13.2. The summed E-state index contributed by atoms with van der Waals surface area (Å²) in [6.45, 7) is 4.86. The van der Waals surface area contributed by atoms with Crippen LogP contribution in [0.4, 0.5) is 4.39 Å². The highest BCUT2D eigenvalue weighted by Gasteiger charge is 2.15. The lowest BCUT2D eigenvalue weighted by Gasteiger charge is -2.26. The topological polar surface area (TPSA) is 41.6 Å². The highest BCUT2D eigenvalue weighted by Crippen LogP contribution is 2.30. The van der Waals surface area contributed by atoms with E-state index in [4.69, 9.17) is 5.84 Å². The van der Waals surface area contributed by atoms with E-state index in [-0.39, 0.29) is 11.7 Å². The summed E-state index contributed by atoms with van der Waals surface area (Å²) in [5, 5.41) is 3.86. The Hall–Kier alpha value is -1.75. The fraction of sp³-hybridized carbons (Fsp3) is 0.267. The standard InChI is InChI=1S/C15H18FN3S/c1-11(2)15(18-17)19-8-4-7-14(10-19)20-13-6-3-5-12(16)9-13/h3-7,9-11H,8,17H2,1-2H3/b18-15-. The van der Waals surface area contributed by atoms with Gasteiger partial charge in [0.2, 0.25) is 0 Å². The van der Waals surface area contributed by atoms with E-state index in [0.717, 1.165) is 22.2 Å². The van der Waals surface area contributed by atoms with Gasteiger partial charge in [0, 0.05) is 28.5 Å². The van der Waals surface area contributed by atoms with Gasteiger partial charge in [0.05, 0.1) is 0 Å². The monoisotopic (exact) mass is 291 g/mol. The molecule has 1 aliphatic heterocycles. The largest absolute Gasteiger partial charge is 0.330 e. The number of amidine groups is 1. The zero-order valence-electron chi connectivity index (χ0n) is 11.6. The van der Waals surface area contributed by atoms with Crippen LogP contribution in [0.1, 0.15) is 13.8 Å². The third-order valence-corrected chi connectivity index (χ3v) is 3.81. The van der Waals surface area contributed by atoms with Crippen molar-refractivity contribution in [3.63, 3.8) is 0 Å². The Bertz CT molecular complexity index is 564. The number of thioether (sulfide) groups is 1. The molecule has 0 spiro atoms. The minimum Gasteiger partial charge on any atom is -0.330 e. The number of hydrazone groups is 1. The average molecular weight is 291 g/mol. The molecule has 1 heterocycles. The zero-order chi connectivity index (χ0) is 14.5. The Kier molecular flexibility index (Phi) is 4.84. The van der Waals surface area contributed by atoms with Crippen LogP contribution < -0.4 is 5.84 Å². The van der Waals surface area contributed by atoms with Crippen molar-refractivity contribution >= 4 is 17.6 Å². The molecule has 1 aromatic carbocycles. The van der Waals surface area contributed by atoms with E-state index >= 15 is 0 Å². The van der Waals surface area contributed by atoms with E-state index in [1.54, 1.807) is 6.07 Å². The first-order valence-electron chi connectivity index (χ1n) is 6.46. The minimum absolute atomic E-state index is 0.223. The molecular weight excluding hydrogens is 273 g/mol. The molecule has 0 atom stereocenters. The number of nitrogens with zero attached hydrogens (tertiary/aromatic N) is 2. The Morgan fingerprint density at radius 1 is 1.45 bits per heavy atom. The Morgan fingerprint density at radius 3 is 2.90 bits per heavy atom. The summed E-state index contributed by atoms with van der Waals surface area (Å²) in [4.78, 5) is 3.92. The molecule has 5 heteroatoms. The summed E-state index contributed by atoms with van der Waals surface area (Å²) >= 11 is 1.52. The first kappa shape index (κ1) is 14.7. The van der Waals surface area contributed by atoms with Crippen LogP contribution >= 0.6 is 11.8 Å². The van der Waals surface area contributed by atoms with Gasteiger partial charge in [-0.2, -0.15) is 5.10 Å². The summed E-state index contributed by atoms with van der Waals surface area (Å²) in [5.74, 6) is 6.33. The molecule has 0 amide bonds. The van der Waals surface area contributed by atoms with Gasteiger partial charge in [-0.05, 0) is 24.3 Å². The van der Waals surface area contributed by atoms with Gasteiger partial charge in [0.25, 0.3) is 0 Å². The molecule has 1 aliphatic rings. The molecule has 0 fully saturated rings. The van der Waals surface area contributed by atoms with Gasteiger partial charge in [-0.25, -0.2) is 4.39 Å². The number of benzene rings is 1. The lowest BCUT2D eigenvalue weighted by atomic mass is 10.1. The maximum atomic E-state index is 13.2. The third-order valence-electron chi connectivity index (χ3n) is 2.84. The highest BCUT2D eigenvalue weighted by molar-refractivity contribution is 8.03. The molecular formula is C15H18FN3S. The first-order valence-corrected chi connectivity index (χ1v) is 7.28. The van der Waals surface area contributed by atoms with Crippen LogP contribution in [0.2, 0.25) is 0 Å². The van der Waals surface area contributed by atoms with Crippen LogP contribution in [-0.2, 0) is 0 Å². The lowest BCUT2D eigenvalue weighted by molar-refractivity contribution is 0.566.